The smallest absolute Gasteiger partial charge is 0.495 e. The topological polar surface area (TPSA) is 96.0 Å². The Labute approximate surface area is 225 Å². The van der Waals surface area contributed by atoms with Crippen molar-refractivity contribution in [2.45, 2.75) is 19.7 Å². The predicted molar refractivity (Wildman–Crippen MR) is 125 cm³/mol. The van der Waals surface area contributed by atoms with Crippen LogP contribution in [0.25, 0.3) is 0 Å². The number of carbonyl (C=O) groups excluding carboxylic acids is 2. The van der Waals surface area contributed by atoms with E-state index in [0.29, 0.717) is 18.2 Å². The fourth-order valence-corrected chi connectivity index (χ4v) is 3.51. The molecule has 0 unspecified atom stereocenters. The van der Waals surface area contributed by atoms with E-state index in [9.17, 15) is 35.9 Å². The fourth-order valence-electron chi connectivity index (χ4n) is 3.24. The van der Waals surface area contributed by atoms with E-state index in [1.807, 2.05) is 0 Å². The Morgan fingerprint density at radius 3 is 2.36 bits per heavy atom. The number of hydrogen-bond acceptors (Lipinski definition) is 7. The summed E-state index contributed by atoms with van der Waals surface area (Å²) in [6, 6.07) is 4.12. The first-order chi connectivity index (χ1) is 19.4. The predicted octanol–water partition coefficient (Wildman–Crippen LogP) is 6.97. The number of ether oxygens (including phenoxy) is 4. The van der Waals surface area contributed by atoms with Crippen LogP contribution in [0.15, 0.2) is 36.5 Å². The molecule has 0 aliphatic heterocycles. The maximum atomic E-state index is 15.0. The van der Waals surface area contributed by atoms with Crippen LogP contribution in [0.4, 0.5) is 32.0 Å². The van der Waals surface area contributed by atoms with Gasteiger partial charge in [0.05, 0.1) is 28.8 Å². The van der Waals surface area contributed by atoms with Gasteiger partial charge in [-0.05, 0) is 24.3 Å². The SMILES string of the molecule is [2H]C([2H])([2H])Oc1c(Oc2cc(Cl)c(C(F)F)c(OC)c2C(=O)Nc2ccnc(C(C)=O)c2)ccc(OC(F)(F)F)c1F. The number of benzene rings is 2. The average molecular weight is 582 g/mol. The standard InChI is InChI=1S/C24H17ClF6N2O6/c1-10(34)13-8-11(6-7-32-13)33-23(35)18-16(9-12(25)17(22(27)28)21(18)37-3)38-15-5-4-14(39-24(29,30)31)19(26)20(15)36-2/h4-9,22H,1-3H3,(H,32,33,35)/i2D3. The second-order valence-corrected chi connectivity index (χ2v) is 7.78. The number of aromatic nitrogens is 1. The number of Topliss-reactive ketones (excluding diaryl/α,β-unsaturated/α-hetero) is 1. The number of nitrogens with one attached hydrogen (secondary N) is 1. The molecule has 0 bridgehead atoms. The largest absolute Gasteiger partial charge is 0.573 e. The monoisotopic (exact) mass is 581 g/mol. The molecule has 39 heavy (non-hydrogen) atoms. The third kappa shape index (κ3) is 6.63. The zero-order chi connectivity index (χ0) is 31.6. The van der Waals surface area contributed by atoms with Gasteiger partial charge in [0.15, 0.2) is 17.3 Å². The lowest BCUT2D eigenvalue weighted by molar-refractivity contribution is -0.275. The van der Waals surface area contributed by atoms with Crippen molar-refractivity contribution in [3.8, 4) is 28.7 Å². The van der Waals surface area contributed by atoms with Crippen molar-refractivity contribution in [2.75, 3.05) is 19.5 Å². The van der Waals surface area contributed by atoms with Crippen LogP contribution in [-0.4, -0.2) is 37.2 Å². The summed E-state index contributed by atoms with van der Waals surface area (Å²) in [6.45, 7) is 1.19. The number of pyridine rings is 1. The lowest BCUT2D eigenvalue weighted by Crippen LogP contribution is -2.18. The van der Waals surface area contributed by atoms with E-state index in [1.54, 1.807) is 0 Å². The number of nitrogens with zero attached hydrogens (tertiary/aromatic N) is 1. The van der Waals surface area contributed by atoms with Gasteiger partial charge in [0, 0.05) is 24.9 Å². The van der Waals surface area contributed by atoms with Crippen molar-refractivity contribution in [1.29, 1.82) is 0 Å². The lowest BCUT2D eigenvalue weighted by Gasteiger charge is -2.20. The molecular weight excluding hydrogens is 562 g/mol. The molecule has 208 valence electrons. The summed E-state index contributed by atoms with van der Waals surface area (Å²) in [7, 11) is -2.52. The van der Waals surface area contributed by atoms with E-state index in [0.717, 1.165) is 13.2 Å². The molecule has 0 atom stereocenters. The second kappa shape index (κ2) is 11.7. The van der Waals surface area contributed by atoms with Crippen LogP contribution in [0.1, 0.15) is 43.9 Å². The molecule has 3 aromatic rings. The zero-order valence-corrected chi connectivity index (χ0v) is 20.3. The van der Waals surface area contributed by atoms with E-state index >= 15 is 0 Å². The molecule has 0 aliphatic rings. The number of ketones is 1. The van der Waals surface area contributed by atoms with Crippen LogP contribution < -0.4 is 24.3 Å². The fraction of sp³-hybridized carbons (Fsp3) is 0.208. The first-order valence-corrected chi connectivity index (χ1v) is 10.7. The van der Waals surface area contributed by atoms with Crippen molar-refractivity contribution < 1.29 is 59.0 Å². The molecule has 1 heterocycles. The average Bonchev–Trinajstić information content (AvgIpc) is 2.85. The molecule has 0 fully saturated rings. The number of amides is 1. The summed E-state index contributed by atoms with van der Waals surface area (Å²) in [6.07, 6.45) is -7.52. The Morgan fingerprint density at radius 1 is 1.08 bits per heavy atom. The van der Waals surface area contributed by atoms with Gasteiger partial charge in [-0.1, -0.05) is 11.6 Å². The molecule has 1 aromatic heterocycles. The molecule has 0 saturated heterocycles. The molecule has 0 saturated carbocycles. The van der Waals surface area contributed by atoms with Gasteiger partial charge in [-0.15, -0.1) is 13.2 Å². The summed E-state index contributed by atoms with van der Waals surface area (Å²) >= 11 is 5.98. The van der Waals surface area contributed by atoms with E-state index < -0.39 is 82.2 Å². The summed E-state index contributed by atoms with van der Waals surface area (Å²) in [5.41, 5.74) is -1.85. The normalized spacial score (nSPS) is 12.7. The molecule has 0 spiro atoms. The Kier molecular flexibility index (Phi) is 7.52. The van der Waals surface area contributed by atoms with Crippen molar-refractivity contribution in [2.24, 2.45) is 0 Å². The molecule has 3 rings (SSSR count). The van der Waals surface area contributed by atoms with Crippen molar-refractivity contribution >= 4 is 29.0 Å². The van der Waals surface area contributed by atoms with Crippen LogP contribution in [0, 0.1) is 5.82 Å². The quantitative estimate of drug-likeness (QED) is 0.215. The number of hydrogen-bond donors (Lipinski definition) is 1. The Morgan fingerprint density at radius 2 is 1.77 bits per heavy atom. The minimum atomic E-state index is -5.38. The van der Waals surface area contributed by atoms with Crippen molar-refractivity contribution in [1.82, 2.24) is 4.98 Å². The number of carbonyl (C=O) groups is 2. The molecule has 1 amide bonds. The molecule has 15 heteroatoms. The minimum Gasteiger partial charge on any atom is -0.495 e. The van der Waals surface area contributed by atoms with E-state index in [2.05, 4.69) is 19.8 Å². The number of anilines is 1. The van der Waals surface area contributed by atoms with Gasteiger partial charge in [0.2, 0.25) is 11.6 Å². The van der Waals surface area contributed by atoms with Crippen LogP contribution >= 0.6 is 11.6 Å². The zero-order valence-electron chi connectivity index (χ0n) is 22.6. The van der Waals surface area contributed by atoms with E-state index in [-0.39, 0.29) is 11.4 Å². The Balaban J connectivity index is 2.21. The first-order valence-electron chi connectivity index (χ1n) is 11.8. The maximum Gasteiger partial charge on any atom is 0.573 e. The third-order valence-corrected chi connectivity index (χ3v) is 5.15. The third-order valence-electron chi connectivity index (χ3n) is 4.83. The van der Waals surface area contributed by atoms with Crippen LogP contribution in [0.3, 0.4) is 0 Å². The van der Waals surface area contributed by atoms with Gasteiger partial charge in [0.1, 0.15) is 22.8 Å². The van der Waals surface area contributed by atoms with Gasteiger partial charge in [0.25, 0.3) is 12.3 Å². The lowest BCUT2D eigenvalue weighted by atomic mass is 10.1. The van der Waals surface area contributed by atoms with E-state index in [1.165, 1.54) is 19.2 Å². The van der Waals surface area contributed by atoms with Crippen molar-refractivity contribution in [3.05, 3.63) is 64.2 Å². The highest BCUT2D eigenvalue weighted by Crippen LogP contribution is 2.46. The molecule has 2 aromatic carbocycles. The molecule has 1 N–H and O–H groups in total. The van der Waals surface area contributed by atoms with Crippen LogP contribution in [0.5, 0.6) is 28.7 Å². The number of methoxy groups -OCH3 is 2. The molecule has 0 radical (unpaired) electrons. The highest BCUT2D eigenvalue weighted by Gasteiger charge is 2.34. The van der Waals surface area contributed by atoms with Crippen LogP contribution in [-0.2, 0) is 0 Å². The van der Waals surface area contributed by atoms with Gasteiger partial charge in [-0.3, -0.25) is 14.6 Å². The molecular formula is C24H17ClF6N2O6. The second-order valence-electron chi connectivity index (χ2n) is 7.38. The van der Waals surface area contributed by atoms with Gasteiger partial charge >= 0.3 is 6.36 Å². The van der Waals surface area contributed by atoms with Crippen LogP contribution in [0.2, 0.25) is 5.02 Å². The highest BCUT2D eigenvalue weighted by molar-refractivity contribution is 6.32. The first kappa shape index (κ1) is 25.1. The number of rotatable bonds is 9. The number of halogens is 7. The number of alkyl halides is 5. The molecule has 0 aliphatic carbocycles. The van der Waals surface area contributed by atoms with E-state index in [4.69, 9.17) is 25.2 Å². The molecule has 8 nitrogen and oxygen atoms in total. The maximum absolute atomic E-state index is 15.0. The van der Waals surface area contributed by atoms with Gasteiger partial charge in [-0.2, -0.15) is 4.39 Å². The Bertz CT molecular complexity index is 1520. The summed E-state index contributed by atoms with van der Waals surface area (Å²) < 4.78 is 121. The summed E-state index contributed by atoms with van der Waals surface area (Å²) in [5, 5.41) is 1.60. The minimum absolute atomic E-state index is 0.0344. The highest BCUT2D eigenvalue weighted by atomic mass is 35.5. The Hall–Kier alpha value is -4.20. The summed E-state index contributed by atoms with van der Waals surface area (Å²) in [5.74, 6) is -9.00. The van der Waals surface area contributed by atoms with Crippen molar-refractivity contribution in [3.63, 3.8) is 0 Å². The summed E-state index contributed by atoms with van der Waals surface area (Å²) in [4.78, 5) is 28.8. The van der Waals surface area contributed by atoms with Gasteiger partial charge < -0.3 is 24.3 Å². The van der Waals surface area contributed by atoms with Gasteiger partial charge in [-0.25, -0.2) is 8.78 Å².